The van der Waals surface area contributed by atoms with E-state index in [1.165, 1.54) is 5.56 Å². The molecule has 0 radical (unpaired) electrons. The molecule has 2 aromatic heterocycles. The van der Waals surface area contributed by atoms with E-state index in [1.54, 1.807) is 18.2 Å². The van der Waals surface area contributed by atoms with Gasteiger partial charge in [-0.2, -0.15) is 5.10 Å². The Labute approximate surface area is 208 Å². The zero-order chi connectivity index (χ0) is 24.4. The zero-order valence-corrected chi connectivity index (χ0v) is 20.2. The highest BCUT2D eigenvalue weighted by molar-refractivity contribution is 9.10. The number of nitrogens with zero attached hydrogens (tertiary/aromatic N) is 3. The topological polar surface area (TPSA) is 116 Å². The summed E-state index contributed by atoms with van der Waals surface area (Å²) < 4.78 is 6.66. The fourth-order valence-corrected chi connectivity index (χ4v) is 3.90. The van der Waals surface area contributed by atoms with Crippen LogP contribution in [0.4, 0.5) is 5.69 Å². The minimum absolute atomic E-state index is 0.162. The van der Waals surface area contributed by atoms with Gasteiger partial charge in [-0.05, 0) is 61.0 Å². The Balaban J connectivity index is 1.26. The van der Waals surface area contributed by atoms with Crippen molar-refractivity contribution < 1.29 is 14.6 Å². The van der Waals surface area contributed by atoms with Crippen molar-refractivity contribution in [2.75, 3.05) is 0 Å². The molecule has 1 amide bonds. The second-order valence-corrected chi connectivity index (χ2v) is 8.90. The quantitative estimate of drug-likeness (QED) is 0.209. The van der Waals surface area contributed by atoms with Gasteiger partial charge in [-0.3, -0.25) is 9.89 Å². The lowest BCUT2D eigenvalue weighted by molar-refractivity contribution is 0.0990. The van der Waals surface area contributed by atoms with E-state index in [2.05, 4.69) is 53.5 Å². The molecule has 3 N–H and O–H groups in total. The van der Waals surface area contributed by atoms with E-state index in [0.717, 1.165) is 21.3 Å². The van der Waals surface area contributed by atoms with Gasteiger partial charge in [0.15, 0.2) is 5.69 Å². The van der Waals surface area contributed by atoms with Crippen molar-refractivity contribution in [1.82, 2.24) is 15.2 Å². The van der Waals surface area contributed by atoms with Gasteiger partial charge in [-0.15, -0.1) is 10.2 Å². The molecule has 9 heteroatoms. The Morgan fingerprint density at radius 3 is 2.60 bits per heavy atom. The summed E-state index contributed by atoms with van der Waals surface area (Å²) in [5, 5.41) is 25.4. The summed E-state index contributed by atoms with van der Waals surface area (Å²) >= 11 is 3.39. The Kier molecular flexibility index (Phi) is 6.15. The highest BCUT2D eigenvalue weighted by Gasteiger charge is 2.14. The van der Waals surface area contributed by atoms with Gasteiger partial charge in [0.2, 0.25) is 5.88 Å². The maximum Gasteiger partial charge on any atom is 0.313 e. The van der Waals surface area contributed by atoms with Gasteiger partial charge in [0.05, 0.1) is 11.2 Å². The maximum absolute atomic E-state index is 12.5. The van der Waals surface area contributed by atoms with Crippen molar-refractivity contribution in [1.29, 1.82) is 0 Å². The second kappa shape index (κ2) is 9.55. The smallest absolute Gasteiger partial charge is 0.313 e. The molecule has 0 atom stereocenters. The number of H-pyrrole nitrogens is 2. The van der Waals surface area contributed by atoms with Crippen LogP contribution in [0.1, 0.15) is 21.6 Å². The minimum Gasteiger partial charge on any atom is -0.493 e. The number of rotatable bonds is 6. The number of benzene rings is 3. The van der Waals surface area contributed by atoms with Crippen molar-refractivity contribution >= 4 is 38.4 Å². The van der Waals surface area contributed by atoms with E-state index in [9.17, 15) is 9.90 Å². The van der Waals surface area contributed by atoms with Crippen LogP contribution in [-0.2, 0) is 6.61 Å². The Bertz CT molecular complexity index is 1540. The molecule has 5 rings (SSSR count). The van der Waals surface area contributed by atoms with Crippen LogP contribution in [0, 0.1) is 6.92 Å². The van der Waals surface area contributed by atoms with Crippen LogP contribution in [0.25, 0.3) is 22.2 Å². The summed E-state index contributed by atoms with van der Waals surface area (Å²) in [6, 6.07) is 22.7. The number of aromatic amines is 2. The first-order valence-corrected chi connectivity index (χ1v) is 11.6. The first-order chi connectivity index (χ1) is 17.0. The molecule has 0 unspecified atom stereocenters. The number of aromatic hydroxyl groups is 1. The molecular weight excluding hydrogens is 510 g/mol. The third kappa shape index (κ3) is 4.99. The molecular formula is C26H20BrN5O3. The molecule has 0 aliphatic heterocycles. The molecule has 0 aliphatic rings. The van der Waals surface area contributed by atoms with Crippen molar-refractivity contribution in [2.45, 2.75) is 13.5 Å². The predicted molar refractivity (Wildman–Crippen MR) is 136 cm³/mol. The van der Waals surface area contributed by atoms with Gasteiger partial charge in [-0.25, -0.2) is 0 Å². The molecule has 3 aromatic carbocycles. The van der Waals surface area contributed by atoms with Crippen LogP contribution in [0.3, 0.4) is 0 Å². The number of hydrogen-bond acceptors (Lipinski definition) is 5. The summed E-state index contributed by atoms with van der Waals surface area (Å²) in [7, 11) is 0. The molecule has 0 saturated heterocycles. The first kappa shape index (κ1) is 22.5. The number of aromatic nitrogens is 3. The number of aryl methyl sites for hydroxylation is 1. The monoisotopic (exact) mass is 529 g/mol. The average molecular weight is 530 g/mol. The number of nitrogens with one attached hydrogen (secondary N) is 2. The summed E-state index contributed by atoms with van der Waals surface area (Å²) in [6.45, 7) is 2.53. The number of halogens is 1. The van der Waals surface area contributed by atoms with Crippen LogP contribution in [0.5, 0.6) is 11.6 Å². The van der Waals surface area contributed by atoms with E-state index in [-0.39, 0.29) is 17.3 Å². The van der Waals surface area contributed by atoms with Gasteiger partial charge in [0.25, 0.3) is 0 Å². The van der Waals surface area contributed by atoms with E-state index in [0.29, 0.717) is 23.2 Å². The van der Waals surface area contributed by atoms with Gasteiger partial charge >= 0.3 is 5.91 Å². The number of carbonyl (C=O) groups excluding carboxylic acids is 1. The summed E-state index contributed by atoms with van der Waals surface area (Å²) in [5.74, 6) is -0.0321. The minimum atomic E-state index is -0.606. The van der Waals surface area contributed by atoms with Crippen LogP contribution in [-0.4, -0.2) is 26.2 Å². The van der Waals surface area contributed by atoms with Gasteiger partial charge in [-0.1, -0.05) is 45.8 Å². The fraction of sp³-hybridized carbons (Fsp3) is 0.0769. The highest BCUT2D eigenvalue weighted by Crippen LogP contribution is 2.37. The Morgan fingerprint density at radius 1 is 1.06 bits per heavy atom. The van der Waals surface area contributed by atoms with Crippen molar-refractivity contribution in [3.63, 3.8) is 0 Å². The maximum atomic E-state index is 12.5. The number of carbonyl (C=O) groups is 1. The molecule has 5 aromatic rings. The molecule has 2 heterocycles. The molecule has 0 bridgehead atoms. The molecule has 0 aliphatic carbocycles. The number of hydrogen-bond donors (Lipinski definition) is 3. The number of azo groups is 1. The molecule has 35 heavy (non-hydrogen) atoms. The van der Waals surface area contributed by atoms with E-state index in [4.69, 9.17) is 4.74 Å². The van der Waals surface area contributed by atoms with Crippen molar-refractivity contribution in [3.05, 3.63) is 94.1 Å². The van der Waals surface area contributed by atoms with Gasteiger partial charge < -0.3 is 14.8 Å². The molecule has 0 saturated carbocycles. The fourth-order valence-electron chi connectivity index (χ4n) is 3.54. The normalized spacial score (nSPS) is 11.4. The van der Waals surface area contributed by atoms with Crippen molar-refractivity contribution in [3.8, 4) is 22.9 Å². The largest absolute Gasteiger partial charge is 0.493 e. The molecule has 0 fully saturated rings. The third-order valence-corrected chi connectivity index (χ3v) is 5.93. The van der Waals surface area contributed by atoms with Crippen LogP contribution in [0.15, 0.2) is 87.5 Å². The van der Waals surface area contributed by atoms with Gasteiger partial charge in [0, 0.05) is 15.4 Å². The standard InChI is InChI=1S/C26H20BrN5O3/c1-15-2-4-16(5-3-15)14-35-19-9-6-17(7-10-19)22-13-23(30-29-22)25(33)32-31-24-20-12-18(27)8-11-21(20)28-26(24)34/h2-13,28,34H,14H2,1H3,(H,29,30). The highest BCUT2D eigenvalue weighted by atomic mass is 79.9. The summed E-state index contributed by atoms with van der Waals surface area (Å²) in [6.07, 6.45) is 0. The molecule has 174 valence electrons. The Morgan fingerprint density at radius 2 is 1.83 bits per heavy atom. The van der Waals surface area contributed by atoms with E-state index >= 15 is 0 Å². The molecule has 0 spiro atoms. The lowest BCUT2D eigenvalue weighted by atomic mass is 10.1. The van der Waals surface area contributed by atoms with Crippen LogP contribution < -0.4 is 4.74 Å². The molecule has 8 nitrogen and oxygen atoms in total. The van der Waals surface area contributed by atoms with Gasteiger partial charge in [0.1, 0.15) is 18.1 Å². The zero-order valence-electron chi connectivity index (χ0n) is 18.6. The summed E-state index contributed by atoms with van der Waals surface area (Å²) in [4.78, 5) is 15.3. The number of fused-ring (bicyclic) bond motifs is 1. The van der Waals surface area contributed by atoms with E-state index < -0.39 is 5.91 Å². The average Bonchev–Trinajstić information content (AvgIpc) is 3.47. The lowest BCUT2D eigenvalue weighted by Crippen LogP contribution is -1.95. The first-order valence-electron chi connectivity index (χ1n) is 10.8. The van der Waals surface area contributed by atoms with Crippen LogP contribution >= 0.6 is 15.9 Å². The van der Waals surface area contributed by atoms with Crippen molar-refractivity contribution in [2.24, 2.45) is 10.2 Å². The third-order valence-electron chi connectivity index (χ3n) is 5.44. The Hall–Kier alpha value is -4.24. The van der Waals surface area contributed by atoms with Crippen LogP contribution in [0.2, 0.25) is 0 Å². The SMILES string of the molecule is Cc1ccc(COc2ccc(-c3cc(C(=O)N=Nc4c(O)[nH]c5ccc(Br)cc45)[nH]n3)cc2)cc1. The lowest BCUT2D eigenvalue weighted by Gasteiger charge is -2.07. The number of ether oxygens (including phenoxy) is 1. The summed E-state index contributed by atoms with van der Waals surface area (Å²) in [5.41, 5.74) is 4.77. The number of amides is 1. The second-order valence-electron chi connectivity index (χ2n) is 7.98. The van der Waals surface area contributed by atoms with E-state index in [1.807, 2.05) is 49.4 Å². The predicted octanol–water partition coefficient (Wildman–Crippen LogP) is 6.84.